The second kappa shape index (κ2) is 6.92. The van der Waals surface area contributed by atoms with Crippen molar-refractivity contribution < 1.29 is 13.9 Å². The van der Waals surface area contributed by atoms with Crippen LogP contribution in [0.25, 0.3) is 11.7 Å². The minimum Gasteiger partial charge on any atom is -0.493 e. The molecule has 0 spiro atoms. The van der Waals surface area contributed by atoms with E-state index in [2.05, 4.69) is 25.4 Å². The Bertz CT molecular complexity index is 1260. The summed E-state index contributed by atoms with van der Waals surface area (Å²) >= 11 is 0. The number of hydrogen-bond donors (Lipinski definition) is 4. The summed E-state index contributed by atoms with van der Waals surface area (Å²) in [5.74, 6) is -2.33. The van der Waals surface area contributed by atoms with Gasteiger partial charge in [0.05, 0.1) is 12.2 Å². The molecule has 0 amide bonds. The Morgan fingerprint density at radius 3 is 2.70 bits per heavy atom. The predicted octanol–water partition coefficient (Wildman–Crippen LogP) is 1.05. The van der Waals surface area contributed by atoms with Crippen molar-refractivity contribution in [2.75, 3.05) is 5.32 Å². The molecule has 2 aliphatic carbocycles. The average Bonchev–Trinajstić information content (AvgIpc) is 3.32. The lowest BCUT2D eigenvalue weighted by Gasteiger charge is -2.29. The molecule has 158 valence electrons. The number of alkyl halides is 2. The molecule has 0 bridgehead atoms. The first-order valence-electron chi connectivity index (χ1n) is 9.96. The zero-order valence-electron chi connectivity index (χ0n) is 16.0. The van der Waals surface area contributed by atoms with Crippen LogP contribution in [0.2, 0.25) is 0 Å². The highest BCUT2D eigenvalue weighted by atomic mass is 19.3. The summed E-state index contributed by atoms with van der Waals surface area (Å²) in [6.45, 7) is 0. The average molecular weight is 417 g/mol. The number of fused-ring (bicyclic) bond motifs is 1. The van der Waals surface area contributed by atoms with E-state index in [1.165, 1.54) is 0 Å². The van der Waals surface area contributed by atoms with Crippen molar-refractivity contribution in [3.05, 3.63) is 39.1 Å². The van der Waals surface area contributed by atoms with Gasteiger partial charge in [-0.1, -0.05) is 0 Å². The van der Waals surface area contributed by atoms with Crippen molar-refractivity contribution in [1.29, 1.82) is 0 Å². The van der Waals surface area contributed by atoms with Crippen LogP contribution in [0.3, 0.4) is 0 Å². The van der Waals surface area contributed by atoms with Crippen molar-refractivity contribution >= 4 is 17.5 Å². The fourth-order valence-corrected chi connectivity index (χ4v) is 3.66. The van der Waals surface area contributed by atoms with Crippen LogP contribution in [0.5, 0.6) is 5.88 Å². The first-order chi connectivity index (χ1) is 14.4. The smallest absolute Gasteiger partial charge is 0.326 e. The summed E-state index contributed by atoms with van der Waals surface area (Å²) < 4.78 is 28.5. The molecule has 0 atom stereocenters. The maximum absolute atomic E-state index is 13.5. The molecule has 0 unspecified atom stereocenters. The lowest BCUT2D eigenvalue weighted by molar-refractivity contribution is -0.0361. The van der Waals surface area contributed by atoms with Gasteiger partial charge in [-0.25, -0.2) is 18.6 Å². The number of hydrogen-bond acceptors (Lipinski definition) is 6. The van der Waals surface area contributed by atoms with Crippen molar-refractivity contribution in [1.82, 2.24) is 24.6 Å². The number of H-pyrrole nitrogens is 2. The first kappa shape index (κ1) is 18.8. The highest BCUT2D eigenvalue weighted by molar-refractivity contribution is 5.58. The Labute approximate surface area is 168 Å². The number of anilines is 1. The molecule has 0 aromatic carbocycles. The summed E-state index contributed by atoms with van der Waals surface area (Å²) in [4.78, 5) is 25.5. The molecule has 3 aromatic rings. The van der Waals surface area contributed by atoms with Crippen LogP contribution in [0, 0.1) is 0 Å². The van der Waals surface area contributed by atoms with Gasteiger partial charge in [0.2, 0.25) is 11.8 Å². The van der Waals surface area contributed by atoms with Crippen LogP contribution < -0.4 is 21.7 Å². The van der Waals surface area contributed by atoms with Gasteiger partial charge in [0, 0.05) is 30.2 Å². The second-order valence-corrected chi connectivity index (χ2v) is 7.96. The molecule has 30 heavy (non-hydrogen) atoms. The van der Waals surface area contributed by atoms with E-state index in [9.17, 15) is 18.7 Å². The topological polar surface area (TPSA) is 123 Å². The fourth-order valence-electron chi connectivity index (χ4n) is 3.66. The van der Waals surface area contributed by atoms with E-state index in [-0.39, 0.29) is 36.5 Å². The van der Waals surface area contributed by atoms with E-state index >= 15 is 0 Å². The lowest BCUT2D eigenvalue weighted by atomic mass is 9.92. The Morgan fingerprint density at radius 1 is 1.27 bits per heavy atom. The van der Waals surface area contributed by atoms with Crippen LogP contribution in [0.1, 0.15) is 44.2 Å². The third-order valence-corrected chi connectivity index (χ3v) is 5.45. The Kier molecular flexibility index (Phi) is 4.33. The largest absolute Gasteiger partial charge is 0.493 e. The number of nitrogens with zero attached hydrogens (tertiary/aromatic N) is 4. The van der Waals surface area contributed by atoms with E-state index in [0.29, 0.717) is 35.0 Å². The zero-order chi connectivity index (χ0) is 20.9. The maximum atomic E-state index is 13.5. The van der Waals surface area contributed by atoms with E-state index in [1.807, 2.05) is 0 Å². The molecule has 5 rings (SSSR count). The van der Waals surface area contributed by atoms with E-state index in [0.717, 1.165) is 12.8 Å². The molecule has 0 aliphatic heterocycles. The van der Waals surface area contributed by atoms with Crippen LogP contribution in [-0.2, 0) is 0 Å². The molecule has 2 saturated carbocycles. The number of nitrogens with one attached hydrogen (secondary N) is 3. The van der Waals surface area contributed by atoms with Crippen LogP contribution in [0.15, 0.2) is 22.1 Å². The second-order valence-electron chi connectivity index (χ2n) is 7.96. The summed E-state index contributed by atoms with van der Waals surface area (Å²) in [5.41, 5.74) is 0.800. The number of halogens is 2. The van der Waals surface area contributed by atoms with Gasteiger partial charge in [-0.05, 0) is 31.8 Å². The lowest BCUT2D eigenvalue weighted by Crippen LogP contribution is -2.33. The van der Waals surface area contributed by atoms with Gasteiger partial charge in [-0.15, -0.1) is 0 Å². The fraction of sp³-hybridized carbons (Fsp3) is 0.474. The van der Waals surface area contributed by atoms with E-state index < -0.39 is 11.6 Å². The Morgan fingerprint density at radius 2 is 2.03 bits per heavy atom. The molecule has 9 nitrogen and oxygen atoms in total. The quantitative estimate of drug-likeness (QED) is 0.505. The van der Waals surface area contributed by atoms with Gasteiger partial charge in [0.1, 0.15) is 11.5 Å². The number of rotatable bonds is 4. The summed E-state index contributed by atoms with van der Waals surface area (Å²) in [7, 11) is 0. The number of aromatic amines is 2. The van der Waals surface area contributed by atoms with Gasteiger partial charge >= 0.3 is 5.69 Å². The van der Waals surface area contributed by atoms with E-state index in [1.54, 1.807) is 22.9 Å². The molecule has 11 heteroatoms. The maximum Gasteiger partial charge on any atom is 0.326 e. The zero-order valence-corrected chi connectivity index (χ0v) is 16.0. The monoisotopic (exact) mass is 417 g/mol. The van der Waals surface area contributed by atoms with Crippen LogP contribution >= 0.6 is 0 Å². The molecular formula is C19H21F2N7O2. The van der Waals surface area contributed by atoms with E-state index in [4.69, 9.17) is 4.99 Å². The van der Waals surface area contributed by atoms with Gasteiger partial charge in [-0.3, -0.25) is 9.98 Å². The minimum atomic E-state index is -2.59. The van der Waals surface area contributed by atoms with Crippen molar-refractivity contribution in [3.63, 3.8) is 0 Å². The highest BCUT2D eigenvalue weighted by Crippen LogP contribution is 2.34. The number of aromatic nitrogens is 5. The molecule has 3 aromatic heterocycles. The third-order valence-electron chi connectivity index (χ3n) is 5.45. The molecule has 0 radical (unpaired) electrons. The van der Waals surface area contributed by atoms with Crippen LogP contribution in [0.4, 0.5) is 14.6 Å². The SMILES string of the molecule is O=c1[nH]c(O)c(/C=c2/cnn3c(=NC4CC4)cc(NC4CCC(F)(F)CC4)nc23)[nH]1. The molecule has 0 saturated heterocycles. The van der Waals surface area contributed by atoms with Gasteiger partial charge in [0.15, 0.2) is 11.1 Å². The molecular weight excluding hydrogens is 396 g/mol. The predicted molar refractivity (Wildman–Crippen MR) is 104 cm³/mol. The van der Waals surface area contributed by atoms with Crippen molar-refractivity contribution in [2.24, 2.45) is 4.99 Å². The molecule has 3 heterocycles. The molecule has 4 N–H and O–H groups in total. The first-order valence-corrected chi connectivity index (χ1v) is 9.96. The summed E-state index contributed by atoms with van der Waals surface area (Å²) in [5, 5.41) is 18.0. The number of aromatic hydroxyl groups is 1. The van der Waals surface area contributed by atoms with Gasteiger partial charge < -0.3 is 15.4 Å². The molecule has 2 aliphatic rings. The van der Waals surface area contributed by atoms with Gasteiger partial charge in [0.25, 0.3) is 0 Å². The van der Waals surface area contributed by atoms with Crippen molar-refractivity contribution in [2.45, 2.75) is 56.5 Å². The highest BCUT2D eigenvalue weighted by Gasteiger charge is 2.35. The normalized spacial score (nSPS) is 20.9. The Hall–Kier alpha value is -3.24. The Balaban J connectivity index is 1.56. The van der Waals surface area contributed by atoms with Crippen LogP contribution in [-0.4, -0.2) is 47.7 Å². The summed E-state index contributed by atoms with van der Waals surface area (Å²) in [6.07, 6.45) is 5.62. The standard InChI is InChI=1S/C19H21F2N7O2/c20-19(21)5-3-12(4-6-19)23-14-8-15(24-11-1-2-11)28-16(26-14)10(9-22-28)7-13-17(29)27-18(30)25-13/h7-9,11-12,23,29H,1-6H2,(H2,25,27,30)/b10-7-,24-15?. The van der Waals surface area contributed by atoms with Gasteiger partial charge in [-0.2, -0.15) is 9.61 Å². The number of imidazole rings is 1. The third kappa shape index (κ3) is 3.79. The van der Waals surface area contributed by atoms with Crippen molar-refractivity contribution in [3.8, 4) is 5.88 Å². The summed E-state index contributed by atoms with van der Waals surface area (Å²) in [6, 6.07) is 1.94. The molecule has 2 fully saturated rings. The minimum absolute atomic E-state index is 0.0891.